The first-order chi connectivity index (χ1) is 13.1. The molecule has 4 atom stereocenters. The lowest BCUT2D eigenvalue weighted by molar-refractivity contribution is 0.183. The van der Waals surface area contributed by atoms with Gasteiger partial charge in [-0.3, -0.25) is 4.98 Å². The van der Waals surface area contributed by atoms with Gasteiger partial charge in [0.25, 0.3) is 0 Å². The molecule has 1 saturated carbocycles. The van der Waals surface area contributed by atoms with Gasteiger partial charge < -0.3 is 19.5 Å². The molecule has 0 spiro atoms. The van der Waals surface area contributed by atoms with E-state index in [9.17, 15) is 5.11 Å². The molecule has 0 radical (unpaired) electrons. The van der Waals surface area contributed by atoms with Gasteiger partial charge in [-0.2, -0.15) is 0 Å². The molecule has 0 bridgehead atoms. The Bertz CT molecular complexity index is 750. The van der Waals surface area contributed by atoms with E-state index in [0.29, 0.717) is 12.0 Å². The first-order valence-electron chi connectivity index (χ1n) is 9.78. The maximum Gasteiger partial charge on any atom is 0.133 e. The number of hydrogen-bond acceptors (Lipinski definition) is 5. The van der Waals surface area contributed by atoms with E-state index < -0.39 is 0 Å². The van der Waals surface area contributed by atoms with Crippen molar-refractivity contribution in [2.75, 3.05) is 26.7 Å². The third-order valence-electron chi connectivity index (χ3n) is 5.94. The summed E-state index contributed by atoms with van der Waals surface area (Å²) < 4.78 is 11.5. The van der Waals surface area contributed by atoms with Crippen molar-refractivity contribution < 1.29 is 14.6 Å². The Hall–Kier alpha value is -2.27. The maximum atomic E-state index is 9.40. The van der Waals surface area contributed by atoms with E-state index >= 15 is 0 Å². The quantitative estimate of drug-likeness (QED) is 0.843. The van der Waals surface area contributed by atoms with Crippen LogP contribution in [0.4, 0.5) is 0 Å². The van der Waals surface area contributed by atoms with Crippen molar-refractivity contribution in [3.63, 3.8) is 0 Å². The lowest BCUT2D eigenvalue weighted by atomic mass is 10.0. The number of nitrogens with zero attached hydrogens (tertiary/aromatic N) is 2. The van der Waals surface area contributed by atoms with Crippen molar-refractivity contribution in [1.82, 2.24) is 9.88 Å². The Balaban J connectivity index is 1.28. The molecule has 2 aliphatic rings. The Morgan fingerprint density at radius 1 is 1.15 bits per heavy atom. The van der Waals surface area contributed by atoms with Gasteiger partial charge in [0.2, 0.25) is 0 Å². The SMILES string of the molecule is COc1cccc(O[C@H]2C[C@@H]3CN(CC(C)c4ccc(O)cn4)C[C@@H]3C2)c1. The molecule has 1 aliphatic heterocycles. The summed E-state index contributed by atoms with van der Waals surface area (Å²) in [4.78, 5) is 6.92. The normalized spacial score (nSPS) is 25.9. The smallest absolute Gasteiger partial charge is 0.133 e. The van der Waals surface area contributed by atoms with Gasteiger partial charge in [0.15, 0.2) is 0 Å². The van der Waals surface area contributed by atoms with Crippen LogP contribution >= 0.6 is 0 Å². The van der Waals surface area contributed by atoms with Crippen LogP contribution in [0.25, 0.3) is 0 Å². The first kappa shape index (κ1) is 18.1. The minimum absolute atomic E-state index is 0.226. The van der Waals surface area contributed by atoms with Crippen LogP contribution < -0.4 is 9.47 Å². The fraction of sp³-hybridized carbons (Fsp3) is 0.500. The summed E-state index contributed by atoms with van der Waals surface area (Å²) in [5.74, 6) is 3.79. The second kappa shape index (κ2) is 7.77. The lowest BCUT2D eigenvalue weighted by Gasteiger charge is -2.23. The topological polar surface area (TPSA) is 54.8 Å². The summed E-state index contributed by atoms with van der Waals surface area (Å²) in [6, 6.07) is 11.5. The number of fused-ring (bicyclic) bond motifs is 1. The molecule has 1 aliphatic carbocycles. The van der Waals surface area contributed by atoms with Crippen molar-refractivity contribution in [3.8, 4) is 17.2 Å². The Morgan fingerprint density at radius 3 is 2.56 bits per heavy atom. The number of hydrogen-bond donors (Lipinski definition) is 1. The zero-order valence-corrected chi connectivity index (χ0v) is 16.0. The molecule has 5 nitrogen and oxygen atoms in total. The molecule has 2 aromatic rings. The van der Waals surface area contributed by atoms with Crippen molar-refractivity contribution in [3.05, 3.63) is 48.3 Å². The standard InChI is InChI=1S/C22H28N2O3/c1-15(22-7-6-18(25)11-23-22)12-24-13-16-8-21(9-17(16)14-24)27-20-5-3-4-19(10-20)26-2/h3-7,10-11,15-17,21,25H,8-9,12-14H2,1-2H3/t15?,16-,17+,21+. The van der Waals surface area contributed by atoms with E-state index in [1.165, 1.54) is 6.20 Å². The van der Waals surface area contributed by atoms with E-state index in [1.54, 1.807) is 13.2 Å². The Kier molecular flexibility index (Phi) is 5.21. The molecule has 144 valence electrons. The summed E-state index contributed by atoms with van der Waals surface area (Å²) in [6.07, 6.45) is 4.10. The highest BCUT2D eigenvalue weighted by atomic mass is 16.5. The average Bonchev–Trinajstić information content (AvgIpc) is 3.20. The predicted octanol–water partition coefficient (Wildman–Crippen LogP) is 3.69. The third-order valence-corrected chi connectivity index (χ3v) is 5.94. The van der Waals surface area contributed by atoms with Crippen molar-refractivity contribution >= 4 is 0 Å². The number of likely N-dealkylation sites (tertiary alicyclic amines) is 1. The fourth-order valence-electron chi connectivity index (χ4n) is 4.62. The second-order valence-corrected chi connectivity index (χ2v) is 7.97. The van der Waals surface area contributed by atoms with E-state index in [0.717, 1.165) is 61.5 Å². The van der Waals surface area contributed by atoms with E-state index in [1.807, 2.05) is 30.3 Å². The molecule has 5 heteroatoms. The molecule has 4 rings (SSSR count). The number of pyridine rings is 1. The number of aromatic hydroxyl groups is 1. The summed E-state index contributed by atoms with van der Waals surface area (Å²) in [6.45, 7) is 5.52. The highest BCUT2D eigenvalue weighted by Crippen LogP contribution is 2.40. The minimum atomic E-state index is 0.226. The molecular formula is C22H28N2O3. The van der Waals surface area contributed by atoms with Crippen molar-refractivity contribution in [2.24, 2.45) is 11.8 Å². The number of rotatable bonds is 6. The van der Waals surface area contributed by atoms with Gasteiger partial charge in [0.05, 0.1) is 19.4 Å². The van der Waals surface area contributed by atoms with Gasteiger partial charge in [-0.25, -0.2) is 0 Å². The number of benzene rings is 1. The molecule has 1 saturated heterocycles. The van der Waals surface area contributed by atoms with E-state index in [-0.39, 0.29) is 5.75 Å². The predicted molar refractivity (Wildman–Crippen MR) is 104 cm³/mol. The molecule has 1 aromatic carbocycles. The molecule has 1 aromatic heterocycles. The maximum absolute atomic E-state index is 9.40. The van der Waals surface area contributed by atoms with Crippen LogP contribution in [0.1, 0.15) is 31.4 Å². The fourth-order valence-corrected chi connectivity index (χ4v) is 4.62. The van der Waals surface area contributed by atoms with Gasteiger partial charge >= 0.3 is 0 Å². The van der Waals surface area contributed by atoms with Crippen LogP contribution in [-0.4, -0.2) is 47.8 Å². The summed E-state index contributed by atoms with van der Waals surface area (Å²) in [7, 11) is 1.68. The minimum Gasteiger partial charge on any atom is -0.506 e. The molecular weight excluding hydrogens is 340 g/mol. The van der Waals surface area contributed by atoms with Crippen molar-refractivity contribution in [1.29, 1.82) is 0 Å². The van der Waals surface area contributed by atoms with E-state index in [4.69, 9.17) is 9.47 Å². The average molecular weight is 368 g/mol. The summed E-state index contributed by atoms with van der Waals surface area (Å²) in [5, 5.41) is 9.40. The zero-order chi connectivity index (χ0) is 18.8. The lowest BCUT2D eigenvalue weighted by Crippen LogP contribution is -2.28. The largest absolute Gasteiger partial charge is 0.506 e. The van der Waals surface area contributed by atoms with Gasteiger partial charge in [0, 0.05) is 37.3 Å². The van der Waals surface area contributed by atoms with Crippen LogP contribution in [0.15, 0.2) is 42.6 Å². The van der Waals surface area contributed by atoms with Crippen LogP contribution in [0.5, 0.6) is 17.2 Å². The van der Waals surface area contributed by atoms with Crippen LogP contribution in [0, 0.1) is 11.8 Å². The first-order valence-corrected chi connectivity index (χ1v) is 9.78. The number of aromatic nitrogens is 1. The molecule has 0 amide bonds. The Labute approximate surface area is 160 Å². The zero-order valence-electron chi connectivity index (χ0n) is 16.0. The monoisotopic (exact) mass is 368 g/mol. The molecule has 2 fully saturated rings. The molecule has 1 N–H and O–H groups in total. The Morgan fingerprint density at radius 2 is 1.89 bits per heavy atom. The van der Waals surface area contributed by atoms with Gasteiger partial charge in [-0.15, -0.1) is 0 Å². The number of methoxy groups -OCH3 is 1. The van der Waals surface area contributed by atoms with E-state index in [2.05, 4.69) is 16.8 Å². The third kappa shape index (κ3) is 4.19. The molecule has 2 heterocycles. The van der Waals surface area contributed by atoms with Gasteiger partial charge in [-0.1, -0.05) is 13.0 Å². The van der Waals surface area contributed by atoms with Crippen LogP contribution in [0.2, 0.25) is 0 Å². The van der Waals surface area contributed by atoms with Gasteiger partial charge in [0.1, 0.15) is 17.2 Å². The second-order valence-electron chi connectivity index (χ2n) is 7.97. The molecule has 1 unspecified atom stereocenters. The highest BCUT2D eigenvalue weighted by molar-refractivity contribution is 5.33. The van der Waals surface area contributed by atoms with Gasteiger partial charge in [-0.05, 0) is 48.9 Å². The van der Waals surface area contributed by atoms with Crippen LogP contribution in [0.3, 0.4) is 0 Å². The van der Waals surface area contributed by atoms with Crippen molar-refractivity contribution in [2.45, 2.75) is 31.8 Å². The molecule has 27 heavy (non-hydrogen) atoms. The highest BCUT2D eigenvalue weighted by Gasteiger charge is 2.42. The summed E-state index contributed by atoms with van der Waals surface area (Å²) in [5.41, 5.74) is 1.05. The van der Waals surface area contributed by atoms with Crippen LogP contribution in [-0.2, 0) is 0 Å². The summed E-state index contributed by atoms with van der Waals surface area (Å²) >= 11 is 0. The number of ether oxygens (including phenoxy) is 2.